The molecule has 0 spiro atoms. The van der Waals surface area contributed by atoms with Gasteiger partial charge >= 0.3 is 0 Å². The molecular weight excluding hydrogens is 386 g/mol. The van der Waals surface area contributed by atoms with E-state index in [1.165, 1.54) is 0 Å². The van der Waals surface area contributed by atoms with E-state index in [0.29, 0.717) is 25.3 Å². The summed E-state index contributed by atoms with van der Waals surface area (Å²) in [4.78, 5) is 23.9. The molecule has 0 heterocycles. The van der Waals surface area contributed by atoms with Gasteiger partial charge in [0.05, 0.1) is 6.61 Å². The summed E-state index contributed by atoms with van der Waals surface area (Å²) >= 11 is 3.31. The lowest BCUT2D eigenvalue weighted by Crippen LogP contribution is -2.46. The van der Waals surface area contributed by atoms with Crippen LogP contribution in [-0.4, -0.2) is 51.2 Å². The highest BCUT2D eigenvalue weighted by molar-refractivity contribution is 9.10. The van der Waals surface area contributed by atoms with Crippen LogP contribution in [0.3, 0.4) is 0 Å². The van der Waals surface area contributed by atoms with E-state index in [4.69, 9.17) is 4.74 Å². The van der Waals surface area contributed by atoms with Gasteiger partial charge < -0.3 is 20.7 Å². The zero-order valence-corrected chi connectivity index (χ0v) is 15.6. The molecule has 6 nitrogen and oxygen atoms in total. The smallest absolute Gasteiger partial charge is 0.251 e. The Labute approximate surface area is 151 Å². The van der Waals surface area contributed by atoms with E-state index in [1.54, 1.807) is 38.3 Å². The standard InChI is InChI=1S/C15H22BrN3O3.ClH/c1-11(14(20)18-8-7-17-9-10-22-2)19-15(21)12-3-5-13(16)6-4-12;/h3-6,11,17H,7-10H2,1-2H3,(H,18,20)(H,19,21);1H. The lowest BCUT2D eigenvalue weighted by atomic mass is 10.2. The van der Waals surface area contributed by atoms with Crippen molar-refractivity contribution >= 4 is 40.2 Å². The summed E-state index contributed by atoms with van der Waals surface area (Å²) in [6.45, 7) is 4.18. The van der Waals surface area contributed by atoms with Crippen LogP contribution in [0.2, 0.25) is 0 Å². The second kappa shape index (κ2) is 12.3. The molecule has 130 valence electrons. The van der Waals surface area contributed by atoms with Gasteiger partial charge in [0.15, 0.2) is 0 Å². The maximum absolute atomic E-state index is 12.0. The highest BCUT2D eigenvalue weighted by Crippen LogP contribution is 2.10. The second-order valence-electron chi connectivity index (χ2n) is 4.74. The number of ether oxygens (including phenoxy) is 1. The van der Waals surface area contributed by atoms with Crippen LogP contribution >= 0.6 is 28.3 Å². The van der Waals surface area contributed by atoms with E-state index in [2.05, 4.69) is 31.9 Å². The van der Waals surface area contributed by atoms with E-state index >= 15 is 0 Å². The Morgan fingerprint density at radius 2 is 1.83 bits per heavy atom. The zero-order chi connectivity index (χ0) is 16.4. The average Bonchev–Trinajstić information content (AvgIpc) is 2.51. The van der Waals surface area contributed by atoms with Crippen molar-refractivity contribution in [2.24, 2.45) is 0 Å². The minimum Gasteiger partial charge on any atom is -0.383 e. The first-order valence-electron chi connectivity index (χ1n) is 7.08. The maximum atomic E-state index is 12.0. The van der Waals surface area contributed by atoms with Gasteiger partial charge in [-0.05, 0) is 31.2 Å². The molecule has 0 saturated carbocycles. The third-order valence-corrected chi connectivity index (χ3v) is 3.46. The molecule has 0 aromatic heterocycles. The van der Waals surface area contributed by atoms with Crippen LogP contribution in [0.4, 0.5) is 0 Å². The number of hydrogen-bond donors (Lipinski definition) is 3. The Balaban J connectivity index is 0.00000484. The molecule has 1 aromatic carbocycles. The lowest BCUT2D eigenvalue weighted by molar-refractivity contribution is -0.122. The summed E-state index contributed by atoms with van der Waals surface area (Å²) in [6, 6.07) is 6.37. The van der Waals surface area contributed by atoms with Crippen molar-refractivity contribution in [2.75, 3.05) is 33.4 Å². The van der Waals surface area contributed by atoms with Gasteiger partial charge in [0, 0.05) is 36.8 Å². The molecule has 23 heavy (non-hydrogen) atoms. The predicted octanol–water partition coefficient (Wildman–Crippen LogP) is 1.34. The number of amides is 2. The molecule has 0 aliphatic heterocycles. The summed E-state index contributed by atoms with van der Waals surface area (Å²) < 4.78 is 5.80. The fraction of sp³-hybridized carbons (Fsp3) is 0.467. The molecule has 2 amide bonds. The second-order valence-corrected chi connectivity index (χ2v) is 5.65. The number of hydrogen-bond acceptors (Lipinski definition) is 4. The van der Waals surface area contributed by atoms with Crippen LogP contribution in [0.1, 0.15) is 17.3 Å². The van der Waals surface area contributed by atoms with Gasteiger partial charge in [-0.15, -0.1) is 12.4 Å². The van der Waals surface area contributed by atoms with Crippen molar-refractivity contribution in [3.8, 4) is 0 Å². The summed E-state index contributed by atoms with van der Waals surface area (Å²) in [5.74, 6) is -0.479. The number of methoxy groups -OCH3 is 1. The first-order valence-corrected chi connectivity index (χ1v) is 7.87. The van der Waals surface area contributed by atoms with Gasteiger partial charge in [-0.3, -0.25) is 9.59 Å². The maximum Gasteiger partial charge on any atom is 0.251 e. The highest BCUT2D eigenvalue weighted by Gasteiger charge is 2.15. The van der Waals surface area contributed by atoms with Gasteiger partial charge in [-0.1, -0.05) is 15.9 Å². The Morgan fingerprint density at radius 1 is 1.17 bits per heavy atom. The number of carbonyl (C=O) groups excluding carboxylic acids is 2. The van der Waals surface area contributed by atoms with E-state index in [9.17, 15) is 9.59 Å². The van der Waals surface area contributed by atoms with Gasteiger partial charge in [-0.25, -0.2) is 0 Å². The summed E-state index contributed by atoms with van der Waals surface area (Å²) in [5.41, 5.74) is 0.518. The Hall–Kier alpha value is -1.15. The number of rotatable bonds is 9. The third-order valence-electron chi connectivity index (χ3n) is 2.93. The fourth-order valence-corrected chi connectivity index (χ4v) is 1.94. The molecule has 3 N–H and O–H groups in total. The first-order chi connectivity index (χ1) is 10.5. The fourth-order valence-electron chi connectivity index (χ4n) is 1.67. The molecule has 8 heteroatoms. The quantitative estimate of drug-likeness (QED) is 0.539. The van der Waals surface area contributed by atoms with E-state index in [1.807, 2.05) is 0 Å². The third kappa shape index (κ3) is 8.90. The molecule has 0 saturated heterocycles. The molecule has 0 aliphatic rings. The van der Waals surface area contributed by atoms with Crippen LogP contribution < -0.4 is 16.0 Å². The van der Waals surface area contributed by atoms with Gasteiger partial charge in [-0.2, -0.15) is 0 Å². The van der Waals surface area contributed by atoms with Crippen molar-refractivity contribution in [1.29, 1.82) is 0 Å². The molecular formula is C15H23BrClN3O3. The summed E-state index contributed by atoms with van der Waals surface area (Å²) in [7, 11) is 1.64. The van der Waals surface area contributed by atoms with Crippen molar-refractivity contribution in [1.82, 2.24) is 16.0 Å². The van der Waals surface area contributed by atoms with Gasteiger partial charge in [0.2, 0.25) is 5.91 Å². The van der Waals surface area contributed by atoms with Crippen molar-refractivity contribution < 1.29 is 14.3 Å². The van der Waals surface area contributed by atoms with Crippen LogP contribution in [0.15, 0.2) is 28.7 Å². The number of nitrogens with one attached hydrogen (secondary N) is 3. The van der Waals surface area contributed by atoms with Gasteiger partial charge in [0.25, 0.3) is 5.91 Å². The molecule has 1 aromatic rings. The normalized spacial score (nSPS) is 11.3. The summed E-state index contributed by atoms with van der Waals surface area (Å²) in [6.07, 6.45) is 0. The summed E-state index contributed by atoms with van der Waals surface area (Å²) in [5, 5.41) is 8.55. The number of halogens is 2. The first kappa shape index (κ1) is 21.9. The minimum atomic E-state index is -0.588. The predicted molar refractivity (Wildman–Crippen MR) is 96.1 cm³/mol. The van der Waals surface area contributed by atoms with E-state index < -0.39 is 6.04 Å². The Bertz CT molecular complexity index is 485. The number of benzene rings is 1. The molecule has 0 fully saturated rings. The molecule has 1 rings (SSSR count). The van der Waals surface area contributed by atoms with Crippen molar-refractivity contribution in [3.63, 3.8) is 0 Å². The monoisotopic (exact) mass is 407 g/mol. The van der Waals surface area contributed by atoms with Crippen LogP contribution in [0.25, 0.3) is 0 Å². The largest absolute Gasteiger partial charge is 0.383 e. The Kier molecular flexibility index (Phi) is 11.7. The zero-order valence-electron chi connectivity index (χ0n) is 13.2. The van der Waals surface area contributed by atoms with Gasteiger partial charge in [0.1, 0.15) is 6.04 Å². The SMILES string of the molecule is COCCNCCNC(=O)C(C)NC(=O)c1ccc(Br)cc1.Cl. The van der Waals surface area contributed by atoms with E-state index in [0.717, 1.165) is 11.0 Å². The van der Waals surface area contributed by atoms with Crippen LogP contribution in [0.5, 0.6) is 0 Å². The van der Waals surface area contributed by atoms with E-state index in [-0.39, 0.29) is 24.2 Å². The minimum absolute atomic E-state index is 0. The van der Waals surface area contributed by atoms with Crippen molar-refractivity contribution in [2.45, 2.75) is 13.0 Å². The Morgan fingerprint density at radius 3 is 2.43 bits per heavy atom. The molecule has 0 radical (unpaired) electrons. The lowest BCUT2D eigenvalue weighted by Gasteiger charge is -2.14. The van der Waals surface area contributed by atoms with Crippen LogP contribution in [0, 0.1) is 0 Å². The molecule has 1 unspecified atom stereocenters. The average molecular weight is 409 g/mol. The topological polar surface area (TPSA) is 79.5 Å². The molecule has 1 atom stereocenters. The van der Waals surface area contributed by atoms with Crippen LogP contribution in [-0.2, 0) is 9.53 Å². The highest BCUT2D eigenvalue weighted by atomic mass is 79.9. The van der Waals surface area contributed by atoms with Crippen molar-refractivity contribution in [3.05, 3.63) is 34.3 Å². The number of carbonyl (C=O) groups is 2. The molecule has 0 aliphatic carbocycles. The molecule has 0 bridgehead atoms.